The van der Waals surface area contributed by atoms with Crippen LogP contribution in [0.4, 0.5) is 0 Å². The van der Waals surface area contributed by atoms with Crippen molar-refractivity contribution in [3.05, 3.63) is 29.0 Å². The van der Waals surface area contributed by atoms with Gasteiger partial charge < -0.3 is 10.6 Å². The third-order valence-electron chi connectivity index (χ3n) is 2.19. The van der Waals surface area contributed by atoms with Crippen molar-refractivity contribution >= 4 is 17.5 Å². The second-order valence-electron chi connectivity index (χ2n) is 3.63. The number of rotatable bonds is 5. The van der Waals surface area contributed by atoms with Gasteiger partial charge in [-0.2, -0.15) is 0 Å². The van der Waals surface area contributed by atoms with E-state index in [1.165, 1.54) is 0 Å². The van der Waals surface area contributed by atoms with Crippen molar-refractivity contribution in [3.8, 4) is 0 Å². The Morgan fingerprint density at radius 3 is 2.88 bits per heavy atom. The van der Waals surface area contributed by atoms with Gasteiger partial charge in [0.15, 0.2) is 0 Å². The molecule has 0 aliphatic rings. The minimum Gasteiger partial charge on any atom is -0.359 e. The lowest BCUT2D eigenvalue weighted by molar-refractivity contribution is -0.121. The molecule has 0 saturated heterocycles. The zero-order valence-corrected chi connectivity index (χ0v) is 10.2. The van der Waals surface area contributed by atoms with E-state index in [-0.39, 0.29) is 11.9 Å². The molecule has 0 aromatic carbocycles. The summed E-state index contributed by atoms with van der Waals surface area (Å²) < 4.78 is 0. The SMILES string of the molecule is CNC(=O)CC(C)NCc1ccc(Cl)cn1. The van der Waals surface area contributed by atoms with Gasteiger partial charge in [0, 0.05) is 32.3 Å². The highest BCUT2D eigenvalue weighted by molar-refractivity contribution is 6.30. The number of aromatic nitrogens is 1. The predicted octanol–water partition coefficient (Wildman–Crippen LogP) is 1.35. The molecule has 1 amide bonds. The Morgan fingerprint density at radius 2 is 2.31 bits per heavy atom. The third kappa shape index (κ3) is 4.59. The van der Waals surface area contributed by atoms with E-state index in [1.807, 2.05) is 13.0 Å². The largest absolute Gasteiger partial charge is 0.359 e. The highest BCUT2D eigenvalue weighted by Crippen LogP contribution is 2.06. The first-order valence-corrected chi connectivity index (χ1v) is 5.54. The Kier molecular flexibility index (Phi) is 5.22. The summed E-state index contributed by atoms with van der Waals surface area (Å²) in [5, 5.41) is 6.43. The highest BCUT2D eigenvalue weighted by atomic mass is 35.5. The van der Waals surface area contributed by atoms with Gasteiger partial charge in [-0.05, 0) is 19.1 Å². The first-order valence-electron chi connectivity index (χ1n) is 5.16. The van der Waals surface area contributed by atoms with Crippen molar-refractivity contribution in [1.29, 1.82) is 0 Å². The second kappa shape index (κ2) is 6.45. The van der Waals surface area contributed by atoms with E-state index < -0.39 is 0 Å². The molecule has 0 aliphatic carbocycles. The first kappa shape index (κ1) is 12.9. The predicted molar refractivity (Wildman–Crippen MR) is 64.2 cm³/mol. The molecular formula is C11H16ClN3O. The van der Waals surface area contributed by atoms with Gasteiger partial charge in [-0.3, -0.25) is 9.78 Å². The standard InChI is InChI=1S/C11H16ClN3O/c1-8(5-11(16)13-2)14-7-10-4-3-9(12)6-15-10/h3-4,6,8,14H,5,7H2,1-2H3,(H,13,16). The Labute approximate surface area is 100 Å². The van der Waals surface area contributed by atoms with E-state index >= 15 is 0 Å². The Balaban J connectivity index is 2.34. The van der Waals surface area contributed by atoms with Crippen molar-refractivity contribution in [1.82, 2.24) is 15.6 Å². The summed E-state index contributed by atoms with van der Waals surface area (Å²) in [6, 6.07) is 3.79. The average molecular weight is 242 g/mol. The highest BCUT2D eigenvalue weighted by Gasteiger charge is 2.06. The van der Waals surface area contributed by atoms with Gasteiger partial charge in [-0.1, -0.05) is 11.6 Å². The van der Waals surface area contributed by atoms with Crippen molar-refractivity contribution in [2.24, 2.45) is 0 Å². The van der Waals surface area contributed by atoms with Crippen LogP contribution in [0.3, 0.4) is 0 Å². The summed E-state index contributed by atoms with van der Waals surface area (Å²) in [6.45, 7) is 2.60. The molecule has 0 bridgehead atoms. The van der Waals surface area contributed by atoms with Gasteiger partial charge in [0.05, 0.1) is 10.7 Å². The molecule has 0 fully saturated rings. The molecular weight excluding hydrogens is 226 g/mol. The molecule has 0 radical (unpaired) electrons. The molecule has 2 N–H and O–H groups in total. The van der Waals surface area contributed by atoms with Crippen LogP contribution in [0.15, 0.2) is 18.3 Å². The normalized spacial score (nSPS) is 12.2. The number of hydrogen-bond acceptors (Lipinski definition) is 3. The minimum absolute atomic E-state index is 0.0315. The van der Waals surface area contributed by atoms with E-state index in [2.05, 4.69) is 15.6 Å². The molecule has 1 aromatic rings. The molecule has 0 saturated carbocycles. The maximum Gasteiger partial charge on any atom is 0.221 e. The number of hydrogen-bond donors (Lipinski definition) is 2. The minimum atomic E-state index is 0.0315. The first-order chi connectivity index (χ1) is 7.61. The van der Waals surface area contributed by atoms with Crippen LogP contribution in [0.1, 0.15) is 19.0 Å². The second-order valence-corrected chi connectivity index (χ2v) is 4.06. The average Bonchev–Trinajstić information content (AvgIpc) is 2.28. The van der Waals surface area contributed by atoms with Gasteiger partial charge >= 0.3 is 0 Å². The fourth-order valence-electron chi connectivity index (χ4n) is 1.24. The van der Waals surface area contributed by atoms with Crippen LogP contribution in [-0.4, -0.2) is 24.0 Å². The molecule has 0 spiro atoms. The lowest BCUT2D eigenvalue weighted by Crippen LogP contribution is -2.32. The van der Waals surface area contributed by atoms with Crippen LogP contribution in [0, 0.1) is 0 Å². The van der Waals surface area contributed by atoms with Gasteiger partial charge in [-0.25, -0.2) is 0 Å². The van der Waals surface area contributed by atoms with Crippen molar-refractivity contribution < 1.29 is 4.79 Å². The van der Waals surface area contributed by atoms with Gasteiger partial charge in [0.2, 0.25) is 5.91 Å². The molecule has 5 heteroatoms. The lowest BCUT2D eigenvalue weighted by Gasteiger charge is -2.12. The quantitative estimate of drug-likeness (QED) is 0.818. The topological polar surface area (TPSA) is 54.0 Å². The molecule has 1 heterocycles. The summed E-state index contributed by atoms with van der Waals surface area (Å²) in [5.41, 5.74) is 0.910. The van der Waals surface area contributed by atoms with Crippen molar-refractivity contribution in [2.75, 3.05) is 7.05 Å². The lowest BCUT2D eigenvalue weighted by atomic mass is 10.2. The number of carbonyl (C=O) groups excluding carboxylic acids is 1. The monoisotopic (exact) mass is 241 g/mol. The fraction of sp³-hybridized carbons (Fsp3) is 0.455. The Hall–Kier alpha value is -1.13. The van der Waals surface area contributed by atoms with Crippen LogP contribution in [0.5, 0.6) is 0 Å². The van der Waals surface area contributed by atoms with E-state index in [9.17, 15) is 4.79 Å². The zero-order valence-electron chi connectivity index (χ0n) is 9.46. The molecule has 1 rings (SSSR count). The molecule has 1 aromatic heterocycles. The van der Waals surface area contributed by atoms with E-state index in [4.69, 9.17) is 11.6 Å². The summed E-state index contributed by atoms with van der Waals surface area (Å²) in [4.78, 5) is 15.2. The number of halogens is 1. The number of amides is 1. The van der Waals surface area contributed by atoms with E-state index in [0.717, 1.165) is 5.69 Å². The fourth-order valence-corrected chi connectivity index (χ4v) is 1.35. The summed E-state index contributed by atoms with van der Waals surface area (Å²) >= 11 is 5.73. The van der Waals surface area contributed by atoms with Crippen molar-refractivity contribution in [3.63, 3.8) is 0 Å². The smallest absolute Gasteiger partial charge is 0.221 e. The van der Waals surface area contributed by atoms with Crippen LogP contribution in [0.2, 0.25) is 5.02 Å². The van der Waals surface area contributed by atoms with Gasteiger partial charge in [0.25, 0.3) is 0 Å². The van der Waals surface area contributed by atoms with Crippen LogP contribution >= 0.6 is 11.6 Å². The van der Waals surface area contributed by atoms with E-state index in [0.29, 0.717) is 18.0 Å². The van der Waals surface area contributed by atoms with Crippen molar-refractivity contribution in [2.45, 2.75) is 25.9 Å². The molecule has 16 heavy (non-hydrogen) atoms. The Morgan fingerprint density at radius 1 is 1.56 bits per heavy atom. The molecule has 0 aliphatic heterocycles. The summed E-state index contributed by atoms with van der Waals surface area (Å²) in [6.07, 6.45) is 2.08. The van der Waals surface area contributed by atoms with Gasteiger partial charge in [-0.15, -0.1) is 0 Å². The van der Waals surface area contributed by atoms with E-state index in [1.54, 1.807) is 19.3 Å². The molecule has 88 valence electrons. The maximum absolute atomic E-state index is 11.1. The molecule has 4 nitrogen and oxygen atoms in total. The zero-order chi connectivity index (χ0) is 12.0. The summed E-state index contributed by atoms with van der Waals surface area (Å²) in [5.74, 6) is 0.0315. The molecule has 1 unspecified atom stereocenters. The molecule has 1 atom stereocenters. The maximum atomic E-state index is 11.1. The third-order valence-corrected chi connectivity index (χ3v) is 2.41. The number of nitrogens with one attached hydrogen (secondary N) is 2. The Bertz CT molecular complexity index is 340. The van der Waals surface area contributed by atoms with Gasteiger partial charge in [0.1, 0.15) is 0 Å². The number of nitrogens with zero attached hydrogens (tertiary/aromatic N) is 1. The summed E-state index contributed by atoms with van der Waals surface area (Å²) in [7, 11) is 1.63. The number of carbonyl (C=O) groups is 1. The number of pyridine rings is 1. The van der Waals surface area contributed by atoms with Crippen LogP contribution < -0.4 is 10.6 Å². The van der Waals surface area contributed by atoms with Crippen LogP contribution in [-0.2, 0) is 11.3 Å². The van der Waals surface area contributed by atoms with Crippen LogP contribution in [0.25, 0.3) is 0 Å².